The second-order valence-corrected chi connectivity index (χ2v) is 12.6. The molecule has 0 fully saturated rings. The molecule has 0 heterocycles. The van der Waals surface area contributed by atoms with Gasteiger partial charge < -0.3 is 0 Å². The minimum Gasteiger partial charge on any atom is -0.298 e. The Bertz CT molecular complexity index is 2040. The molecule has 0 aliphatic carbocycles. The number of benzene rings is 5. The Morgan fingerprint density at radius 3 is 0.643 bits per heavy atom. The third kappa shape index (κ3) is 6.40. The number of quaternary nitrogens is 1. The number of hydrogen-bond donors (Lipinski definition) is 0. The van der Waals surface area contributed by atoms with Gasteiger partial charge in [-0.25, -0.2) is 87.8 Å². The fourth-order valence-electron chi connectivity index (χ4n) is 6.19. The fraction of sp³-hybridized carbons (Fsp3) is 0.118. The molecule has 0 N–H and O–H groups in total. The van der Waals surface area contributed by atoms with Gasteiger partial charge in [0.25, 0.3) is 0 Å². The van der Waals surface area contributed by atoms with Gasteiger partial charge in [-0.05, 0) is 13.0 Å². The van der Waals surface area contributed by atoms with Gasteiger partial charge in [-0.1, -0.05) is 18.2 Å². The molecule has 5 aromatic carbocycles. The average molecular weight is 829 g/mol. The molecule has 0 aliphatic heterocycles. The lowest BCUT2D eigenvalue weighted by molar-refractivity contribution is 0.378. The van der Waals surface area contributed by atoms with Crippen LogP contribution in [0.3, 0.4) is 0 Å². The van der Waals surface area contributed by atoms with Gasteiger partial charge >= 0.3 is 0 Å². The summed E-state index contributed by atoms with van der Waals surface area (Å²) in [6.45, 7) is 2.15. The van der Waals surface area contributed by atoms with Crippen molar-refractivity contribution in [2.24, 2.45) is 0 Å². The quantitative estimate of drug-likeness (QED) is 0.0554. The first kappa shape index (κ1) is 43.5. The Balaban J connectivity index is 0.000000544. The minimum absolute atomic E-state index is 0.896. The number of para-hydroxylation sites is 1. The summed E-state index contributed by atoms with van der Waals surface area (Å²) in [6, 6.07) is 8.49. The van der Waals surface area contributed by atoms with Crippen molar-refractivity contribution in [2.45, 2.75) is 6.92 Å². The van der Waals surface area contributed by atoms with E-state index in [-0.39, 0.29) is 0 Å². The van der Waals surface area contributed by atoms with Crippen LogP contribution in [0, 0.1) is 123 Å². The summed E-state index contributed by atoms with van der Waals surface area (Å²) >= 11 is 0. The van der Waals surface area contributed by atoms with E-state index in [1.165, 1.54) is 11.3 Å². The van der Waals surface area contributed by atoms with Crippen molar-refractivity contribution < 1.29 is 87.8 Å². The van der Waals surface area contributed by atoms with E-state index in [0.717, 1.165) is 4.48 Å². The minimum atomic E-state index is -7.22. The summed E-state index contributed by atoms with van der Waals surface area (Å²) in [5, 5.41) is 0. The van der Waals surface area contributed by atoms with Gasteiger partial charge in [-0.3, -0.25) is 4.48 Å². The largest absolute Gasteiger partial charge is 0.298 e. The number of halogens is 20. The number of rotatable bonds is 5. The maximum Gasteiger partial charge on any atom is 0.200 e. The Labute approximate surface area is 300 Å². The van der Waals surface area contributed by atoms with Crippen LogP contribution in [0.1, 0.15) is 5.56 Å². The highest BCUT2D eigenvalue weighted by molar-refractivity contribution is 7.20. The molecule has 300 valence electrons. The van der Waals surface area contributed by atoms with Crippen LogP contribution in [0.4, 0.5) is 93.5 Å². The molecule has 0 radical (unpaired) electrons. The lowest BCUT2D eigenvalue weighted by Crippen LogP contribution is -2.81. The Morgan fingerprint density at radius 2 is 0.482 bits per heavy atom. The van der Waals surface area contributed by atoms with Crippen LogP contribution in [0.15, 0.2) is 24.3 Å². The Morgan fingerprint density at radius 1 is 0.304 bits per heavy atom. The zero-order chi connectivity index (χ0) is 42.8. The zero-order valence-corrected chi connectivity index (χ0v) is 27.9. The standard InChI is InChI=1S/C24BF20.C10H16N/c26-5-1(6(27)14(35)21(42)13(5)34)25(2-7(28)15(36)22(43)16(37)8(2)29,3-9(30)17(38)23(44)18(39)10(3)31)4-11(32)19(40)24(45)20(41)12(4)33;1-9-7-5-6-8-10(9)11(2,3)4/h;5-8H,1-4H3/q-1;+1. The third-order valence-corrected chi connectivity index (χ3v) is 8.55. The molecule has 1 nitrogen and oxygen atoms in total. The van der Waals surface area contributed by atoms with Gasteiger partial charge in [0.15, 0.2) is 69.8 Å². The second-order valence-electron chi connectivity index (χ2n) is 12.6. The van der Waals surface area contributed by atoms with E-state index in [9.17, 15) is 52.7 Å². The summed E-state index contributed by atoms with van der Waals surface area (Å²) in [5.41, 5.74) is -11.6. The highest BCUT2D eigenvalue weighted by Gasteiger charge is 2.52. The van der Waals surface area contributed by atoms with Crippen molar-refractivity contribution in [3.8, 4) is 0 Å². The van der Waals surface area contributed by atoms with Gasteiger partial charge in [0.1, 0.15) is 58.4 Å². The molecule has 0 atom stereocenters. The van der Waals surface area contributed by atoms with Crippen molar-refractivity contribution in [1.29, 1.82) is 0 Å². The van der Waals surface area contributed by atoms with Gasteiger partial charge in [-0.15, -0.1) is 21.9 Å². The van der Waals surface area contributed by atoms with Gasteiger partial charge in [-0.2, -0.15) is 0 Å². The van der Waals surface area contributed by atoms with Crippen LogP contribution < -0.4 is 26.3 Å². The van der Waals surface area contributed by atoms with E-state index in [2.05, 4.69) is 52.3 Å². The Hall–Kier alpha value is -5.28. The van der Waals surface area contributed by atoms with E-state index in [1.54, 1.807) is 0 Å². The summed E-state index contributed by atoms with van der Waals surface area (Å²) in [5.74, 6) is -71.4. The van der Waals surface area contributed by atoms with Crippen molar-refractivity contribution >= 4 is 33.7 Å². The number of nitrogens with zero attached hydrogens (tertiary/aromatic N) is 1. The van der Waals surface area contributed by atoms with Crippen LogP contribution in [0.2, 0.25) is 0 Å². The van der Waals surface area contributed by atoms with E-state index in [4.69, 9.17) is 0 Å². The van der Waals surface area contributed by atoms with Crippen molar-refractivity contribution in [3.63, 3.8) is 0 Å². The predicted octanol–water partition coefficient (Wildman–Crippen LogP) is 8.04. The lowest BCUT2D eigenvalue weighted by atomic mass is 9.12. The number of hydrogen-bond acceptors (Lipinski definition) is 0. The first-order valence-corrected chi connectivity index (χ1v) is 14.8. The molecule has 0 spiro atoms. The molecule has 0 unspecified atom stereocenters. The highest BCUT2D eigenvalue weighted by atomic mass is 19.2. The van der Waals surface area contributed by atoms with Gasteiger partial charge in [0.05, 0.1) is 21.1 Å². The molecule has 0 amide bonds. The van der Waals surface area contributed by atoms with E-state index >= 15 is 35.1 Å². The van der Waals surface area contributed by atoms with Crippen molar-refractivity contribution in [1.82, 2.24) is 4.48 Å². The highest BCUT2D eigenvalue weighted by Crippen LogP contribution is 2.31. The molecule has 0 aromatic heterocycles. The van der Waals surface area contributed by atoms with E-state index < -0.39 is 144 Å². The second kappa shape index (κ2) is 15.0. The molecule has 5 rings (SSSR count). The third-order valence-electron chi connectivity index (χ3n) is 8.55. The Kier molecular flexibility index (Phi) is 11.6. The summed E-state index contributed by atoms with van der Waals surface area (Å²) in [6.07, 6.45) is -7.22. The monoisotopic (exact) mass is 829 g/mol. The van der Waals surface area contributed by atoms with Gasteiger partial charge in [0.2, 0.25) is 0 Å². The van der Waals surface area contributed by atoms with Crippen LogP contribution in [0.25, 0.3) is 0 Å². The SMILES string of the molecule is Cc1ccccc1[N+](C)(C)C.Fc1c(F)c(F)c([B-](c2c(F)c(F)c(F)c(F)c2F)(c2c(F)c(F)c(F)c(F)c2F)c2c(F)c(F)c(F)c(F)c2F)c(F)c1F. The fourth-order valence-corrected chi connectivity index (χ4v) is 6.19. The average Bonchev–Trinajstić information content (AvgIpc) is 3.14. The smallest absolute Gasteiger partial charge is 0.200 e. The molecule has 56 heavy (non-hydrogen) atoms. The van der Waals surface area contributed by atoms with Gasteiger partial charge in [0, 0.05) is 5.56 Å². The molecular formula is C34H16BF20N. The van der Waals surface area contributed by atoms with Crippen LogP contribution in [0.5, 0.6) is 0 Å². The normalized spacial score (nSPS) is 11.9. The molecular weight excluding hydrogens is 813 g/mol. The van der Waals surface area contributed by atoms with E-state index in [0.29, 0.717) is 0 Å². The summed E-state index contributed by atoms with van der Waals surface area (Å²) in [7, 11) is 6.55. The molecule has 22 heteroatoms. The van der Waals surface area contributed by atoms with Crippen LogP contribution in [-0.4, -0.2) is 27.3 Å². The molecule has 0 saturated heterocycles. The molecule has 0 aliphatic rings. The lowest BCUT2D eigenvalue weighted by Gasteiger charge is -2.44. The molecule has 0 bridgehead atoms. The topological polar surface area (TPSA) is 0 Å². The molecule has 5 aromatic rings. The summed E-state index contributed by atoms with van der Waals surface area (Å²) < 4.78 is 295. The first-order chi connectivity index (χ1) is 25.7. The zero-order valence-electron chi connectivity index (χ0n) is 27.9. The van der Waals surface area contributed by atoms with Crippen LogP contribution >= 0.6 is 0 Å². The molecule has 0 saturated carbocycles. The predicted molar refractivity (Wildman–Crippen MR) is 160 cm³/mol. The number of aryl methyl sites for hydroxylation is 1. The summed E-state index contributed by atoms with van der Waals surface area (Å²) in [4.78, 5) is 0. The van der Waals surface area contributed by atoms with E-state index in [1.807, 2.05) is 0 Å². The van der Waals surface area contributed by atoms with Crippen molar-refractivity contribution in [3.05, 3.63) is 146 Å². The maximum atomic E-state index is 15.4. The van der Waals surface area contributed by atoms with Crippen molar-refractivity contribution in [2.75, 3.05) is 21.1 Å². The maximum absolute atomic E-state index is 15.4. The first-order valence-electron chi connectivity index (χ1n) is 14.8. The van der Waals surface area contributed by atoms with Crippen LogP contribution in [-0.2, 0) is 0 Å².